The molecule has 0 saturated carbocycles. The zero-order chi connectivity index (χ0) is 23.4. The summed E-state index contributed by atoms with van der Waals surface area (Å²) >= 11 is 0. The maximum Gasteiger partial charge on any atom is 0.331 e. The van der Waals surface area contributed by atoms with Crippen molar-refractivity contribution in [1.82, 2.24) is 14.8 Å². The number of rotatable bonds is 8. The molecule has 0 atom stereocenters. The summed E-state index contributed by atoms with van der Waals surface area (Å²) in [5, 5.41) is 2.21. The van der Waals surface area contributed by atoms with Crippen molar-refractivity contribution in [1.29, 1.82) is 0 Å². The summed E-state index contributed by atoms with van der Waals surface area (Å²) in [4.78, 5) is 38.4. The average Bonchev–Trinajstić information content (AvgIpc) is 3.46. The van der Waals surface area contributed by atoms with E-state index in [9.17, 15) is 14.4 Å². The van der Waals surface area contributed by atoms with Gasteiger partial charge >= 0.3 is 6.03 Å². The Labute approximate surface area is 191 Å². The van der Waals surface area contributed by atoms with Crippen LogP contribution in [0.3, 0.4) is 0 Å². The number of benzene rings is 1. The number of amides is 4. The standard InChI is InChI=1S/C25H25N3O5/c1-17(2)18-7-9-20(10-8-18)33-14-12-27-11-3-5-19(27)15-22-23(29)26-25(31)28(24(22)30)16-21-6-4-13-32-21/h3-11,13,15,17H,12,14,16H2,1-2H3,(H,26,29,31). The van der Waals surface area contributed by atoms with Gasteiger partial charge in [0.25, 0.3) is 11.8 Å². The number of hydrogen-bond acceptors (Lipinski definition) is 5. The van der Waals surface area contributed by atoms with Crippen molar-refractivity contribution in [3.8, 4) is 5.75 Å². The SMILES string of the molecule is CC(C)c1ccc(OCCn2cccc2C=C2C(=O)NC(=O)N(Cc3ccco3)C2=O)cc1. The lowest BCUT2D eigenvalue weighted by Crippen LogP contribution is -2.53. The van der Waals surface area contributed by atoms with Crippen LogP contribution in [0.15, 0.2) is 71.0 Å². The van der Waals surface area contributed by atoms with Crippen molar-refractivity contribution in [2.24, 2.45) is 0 Å². The van der Waals surface area contributed by atoms with E-state index in [2.05, 4.69) is 31.3 Å². The molecule has 8 heteroatoms. The van der Waals surface area contributed by atoms with Crippen LogP contribution in [0.25, 0.3) is 6.08 Å². The number of barbiturate groups is 1. The molecule has 4 amide bonds. The Bertz CT molecular complexity index is 1170. The monoisotopic (exact) mass is 447 g/mol. The molecule has 1 fully saturated rings. The largest absolute Gasteiger partial charge is 0.492 e. The van der Waals surface area contributed by atoms with E-state index in [1.807, 2.05) is 29.0 Å². The zero-order valence-electron chi connectivity index (χ0n) is 18.5. The molecule has 1 aromatic carbocycles. The van der Waals surface area contributed by atoms with Gasteiger partial charge in [-0.15, -0.1) is 0 Å². The average molecular weight is 447 g/mol. The van der Waals surface area contributed by atoms with Gasteiger partial charge < -0.3 is 13.7 Å². The summed E-state index contributed by atoms with van der Waals surface area (Å²) < 4.78 is 12.9. The highest BCUT2D eigenvalue weighted by Gasteiger charge is 2.36. The third kappa shape index (κ3) is 5.06. The number of nitrogens with one attached hydrogen (secondary N) is 1. The molecular formula is C25H25N3O5. The Morgan fingerprint density at radius 3 is 2.55 bits per heavy atom. The maximum atomic E-state index is 12.9. The molecule has 0 bridgehead atoms. The lowest BCUT2D eigenvalue weighted by Gasteiger charge is -2.25. The first-order valence-corrected chi connectivity index (χ1v) is 10.7. The smallest absolute Gasteiger partial charge is 0.331 e. The Morgan fingerprint density at radius 2 is 1.85 bits per heavy atom. The van der Waals surface area contributed by atoms with Crippen molar-refractivity contribution in [2.75, 3.05) is 6.61 Å². The molecule has 0 spiro atoms. The second-order valence-corrected chi connectivity index (χ2v) is 7.99. The van der Waals surface area contributed by atoms with E-state index in [0.29, 0.717) is 30.5 Å². The zero-order valence-corrected chi connectivity index (χ0v) is 18.5. The summed E-state index contributed by atoms with van der Waals surface area (Å²) in [6.45, 7) is 5.15. The summed E-state index contributed by atoms with van der Waals surface area (Å²) in [7, 11) is 0. The Hall–Kier alpha value is -4.07. The van der Waals surface area contributed by atoms with Gasteiger partial charge in [0.1, 0.15) is 23.7 Å². The first-order chi connectivity index (χ1) is 15.9. The Morgan fingerprint density at radius 1 is 1.06 bits per heavy atom. The normalized spacial score (nSPS) is 15.4. The van der Waals surface area contributed by atoms with Gasteiger partial charge in [-0.3, -0.25) is 19.8 Å². The van der Waals surface area contributed by atoms with Gasteiger partial charge in [-0.1, -0.05) is 26.0 Å². The summed E-state index contributed by atoms with van der Waals surface area (Å²) in [5.41, 5.74) is 1.78. The van der Waals surface area contributed by atoms with Crippen LogP contribution in [-0.2, 0) is 22.7 Å². The predicted octanol–water partition coefficient (Wildman–Crippen LogP) is 3.95. The molecule has 1 aliphatic heterocycles. The summed E-state index contributed by atoms with van der Waals surface area (Å²) in [5.74, 6) is 0.276. The molecule has 1 aliphatic rings. The van der Waals surface area contributed by atoms with Crippen LogP contribution < -0.4 is 10.1 Å². The number of carbonyl (C=O) groups is 3. The van der Waals surface area contributed by atoms with E-state index in [4.69, 9.17) is 9.15 Å². The fraction of sp³-hybridized carbons (Fsp3) is 0.240. The molecule has 8 nitrogen and oxygen atoms in total. The number of nitrogens with zero attached hydrogens (tertiary/aromatic N) is 2. The van der Waals surface area contributed by atoms with E-state index in [0.717, 1.165) is 10.6 Å². The second kappa shape index (κ2) is 9.60. The van der Waals surface area contributed by atoms with Gasteiger partial charge in [-0.25, -0.2) is 4.79 Å². The third-order valence-electron chi connectivity index (χ3n) is 5.38. The molecule has 3 aromatic rings. The molecule has 4 rings (SSSR count). The van der Waals surface area contributed by atoms with Crippen molar-refractivity contribution in [2.45, 2.75) is 32.9 Å². The highest BCUT2D eigenvalue weighted by molar-refractivity contribution is 6.30. The van der Waals surface area contributed by atoms with E-state index in [1.165, 1.54) is 17.9 Å². The summed E-state index contributed by atoms with van der Waals surface area (Å²) in [6, 6.07) is 14.2. The number of imide groups is 2. The van der Waals surface area contributed by atoms with Gasteiger partial charge in [-0.2, -0.15) is 0 Å². The molecule has 0 unspecified atom stereocenters. The maximum absolute atomic E-state index is 12.9. The molecule has 33 heavy (non-hydrogen) atoms. The van der Waals surface area contributed by atoms with E-state index >= 15 is 0 Å². The Kier molecular flexibility index (Phi) is 6.44. The van der Waals surface area contributed by atoms with Crippen molar-refractivity contribution >= 4 is 23.9 Å². The lowest BCUT2D eigenvalue weighted by atomic mass is 10.0. The number of carbonyl (C=O) groups excluding carboxylic acids is 3. The molecule has 3 heterocycles. The second-order valence-electron chi connectivity index (χ2n) is 7.99. The van der Waals surface area contributed by atoms with E-state index in [1.54, 1.807) is 18.2 Å². The number of furan rings is 1. The fourth-order valence-electron chi connectivity index (χ4n) is 3.52. The van der Waals surface area contributed by atoms with Crippen molar-refractivity contribution < 1.29 is 23.5 Å². The molecule has 170 valence electrons. The van der Waals surface area contributed by atoms with Crippen LogP contribution in [0.4, 0.5) is 4.79 Å². The molecule has 1 saturated heterocycles. The van der Waals surface area contributed by atoms with Crippen LogP contribution in [0.2, 0.25) is 0 Å². The van der Waals surface area contributed by atoms with Crippen LogP contribution in [0, 0.1) is 0 Å². The van der Waals surface area contributed by atoms with Crippen molar-refractivity contribution in [3.63, 3.8) is 0 Å². The van der Waals surface area contributed by atoms with Gasteiger partial charge in [0.2, 0.25) is 0 Å². The fourth-order valence-corrected chi connectivity index (χ4v) is 3.52. The van der Waals surface area contributed by atoms with E-state index < -0.39 is 17.8 Å². The number of urea groups is 1. The minimum Gasteiger partial charge on any atom is -0.492 e. The van der Waals surface area contributed by atoms with Crippen molar-refractivity contribution in [3.05, 3.63) is 83.6 Å². The minimum absolute atomic E-state index is 0.0628. The van der Waals surface area contributed by atoms with Gasteiger partial charge in [-0.05, 0) is 54.0 Å². The van der Waals surface area contributed by atoms with Crippen LogP contribution in [-0.4, -0.2) is 33.9 Å². The summed E-state index contributed by atoms with van der Waals surface area (Å²) in [6.07, 6.45) is 4.78. The van der Waals surface area contributed by atoms with Crippen LogP contribution >= 0.6 is 0 Å². The first kappa shape index (κ1) is 22.1. The highest BCUT2D eigenvalue weighted by Crippen LogP contribution is 2.20. The van der Waals surface area contributed by atoms with Gasteiger partial charge in [0, 0.05) is 11.9 Å². The van der Waals surface area contributed by atoms with Crippen LogP contribution in [0.1, 0.15) is 36.8 Å². The number of ether oxygens (including phenoxy) is 1. The van der Waals surface area contributed by atoms with Gasteiger partial charge in [0.15, 0.2) is 0 Å². The molecule has 2 aromatic heterocycles. The minimum atomic E-state index is -0.772. The number of hydrogen-bond donors (Lipinski definition) is 1. The third-order valence-corrected chi connectivity index (χ3v) is 5.38. The van der Waals surface area contributed by atoms with E-state index in [-0.39, 0.29) is 12.1 Å². The molecule has 1 N–H and O–H groups in total. The molecule has 0 aliphatic carbocycles. The Balaban J connectivity index is 1.44. The number of aromatic nitrogens is 1. The quantitative estimate of drug-likeness (QED) is 0.417. The van der Waals surface area contributed by atoms with Gasteiger partial charge in [0.05, 0.1) is 19.4 Å². The predicted molar refractivity (Wildman–Crippen MR) is 121 cm³/mol. The lowest BCUT2D eigenvalue weighted by molar-refractivity contribution is -0.130. The topological polar surface area (TPSA) is 93.8 Å². The highest BCUT2D eigenvalue weighted by atomic mass is 16.5. The molecule has 0 radical (unpaired) electrons. The van der Waals surface area contributed by atoms with Crippen LogP contribution in [0.5, 0.6) is 5.75 Å². The molecular weight excluding hydrogens is 422 g/mol. The first-order valence-electron chi connectivity index (χ1n) is 10.7.